The average molecular weight is 274 g/mol. The van der Waals surface area contributed by atoms with E-state index in [-0.39, 0.29) is 22.4 Å². The molecular weight excluding hydrogens is 269 g/mol. The fourth-order valence-corrected chi connectivity index (χ4v) is 1.36. The Morgan fingerprint density at radius 1 is 1.41 bits per heavy atom. The maximum absolute atomic E-state index is 11.7. The van der Waals surface area contributed by atoms with Gasteiger partial charge in [0.25, 0.3) is 5.91 Å². The number of nitrogens with one attached hydrogen (secondary N) is 1. The summed E-state index contributed by atoms with van der Waals surface area (Å²) in [6.07, 6.45) is 1.17. The van der Waals surface area contributed by atoms with E-state index in [2.05, 4.69) is 30.2 Å². The maximum Gasteiger partial charge on any atom is 0.254 e. The third-order valence-corrected chi connectivity index (χ3v) is 2.24. The zero-order valence-electron chi connectivity index (χ0n) is 8.22. The van der Waals surface area contributed by atoms with Crippen LogP contribution in [0.25, 0.3) is 0 Å². The number of carbonyl (C=O) groups excluding carboxylic acids is 1. The first-order chi connectivity index (χ1) is 8.16. The van der Waals surface area contributed by atoms with Crippen LogP contribution in [0.15, 0.2) is 17.0 Å². The molecule has 2 aromatic rings. The Kier molecular flexibility index (Phi) is 3.50. The van der Waals surface area contributed by atoms with E-state index in [4.69, 9.17) is 23.2 Å². The van der Waals surface area contributed by atoms with Gasteiger partial charge in [-0.25, -0.2) is 0 Å². The van der Waals surface area contributed by atoms with Crippen LogP contribution in [0, 0.1) is 0 Å². The van der Waals surface area contributed by atoms with Crippen molar-refractivity contribution in [2.75, 3.05) is 0 Å². The van der Waals surface area contributed by atoms with E-state index in [0.717, 1.165) is 0 Å². The van der Waals surface area contributed by atoms with Crippen LogP contribution in [0.3, 0.4) is 0 Å². The quantitative estimate of drug-likeness (QED) is 0.900. The summed E-state index contributed by atoms with van der Waals surface area (Å²) in [5.41, 5.74) is 0.134. The second-order valence-corrected chi connectivity index (χ2v) is 3.65. The van der Waals surface area contributed by atoms with Gasteiger partial charge in [-0.15, -0.1) is 10.2 Å². The van der Waals surface area contributed by atoms with E-state index in [1.165, 1.54) is 12.5 Å². The molecule has 0 aliphatic rings. The number of nitrogens with zero attached hydrogens (tertiary/aromatic N) is 4. The van der Waals surface area contributed by atoms with Gasteiger partial charge in [-0.1, -0.05) is 28.4 Å². The minimum Gasteiger partial charge on any atom is -0.345 e. The van der Waals surface area contributed by atoms with Crippen LogP contribution < -0.4 is 5.32 Å². The van der Waals surface area contributed by atoms with E-state index in [1.54, 1.807) is 0 Å². The molecule has 0 fully saturated rings. The Bertz CT molecular complexity index is 531. The lowest BCUT2D eigenvalue weighted by Crippen LogP contribution is -2.24. The number of hydrogen-bond donors (Lipinski definition) is 1. The molecule has 0 saturated carbocycles. The highest BCUT2D eigenvalue weighted by Gasteiger charge is 2.13. The molecule has 0 aliphatic heterocycles. The first-order valence-corrected chi connectivity index (χ1v) is 5.14. The summed E-state index contributed by atoms with van der Waals surface area (Å²) in [5.74, 6) is -0.0980. The largest absolute Gasteiger partial charge is 0.345 e. The predicted molar refractivity (Wildman–Crippen MR) is 57.5 cm³/mol. The molecule has 0 radical (unpaired) electrons. The Labute approximate surface area is 105 Å². The van der Waals surface area contributed by atoms with Crippen LogP contribution in [0.1, 0.15) is 16.2 Å². The molecule has 88 valence electrons. The fraction of sp³-hybridized carbons (Fsp3) is 0.125. The second-order valence-electron chi connectivity index (χ2n) is 2.90. The van der Waals surface area contributed by atoms with Gasteiger partial charge in [0.05, 0.1) is 12.1 Å². The van der Waals surface area contributed by atoms with Crippen molar-refractivity contribution in [1.29, 1.82) is 0 Å². The molecule has 0 saturated heterocycles. The van der Waals surface area contributed by atoms with Crippen LogP contribution in [0.5, 0.6) is 0 Å². The molecule has 0 unspecified atom stereocenters. The zero-order chi connectivity index (χ0) is 12.3. The van der Waals surface area contributed by atoms with Gasteiger partial charge in [0, 0.05) is 0 Å². The number of amides is 1. The summed E-state index contributed by atoms with van der Waals surface area (Å²) < 4.78 is 4.51. The Morgan fingerprint density at radius 3 is 2.94 bits per heavy atom. The molecule has 0 aliphatic carbocycles. The molecule has 7 nitrogen and oxygen atoms in total. The van der Waals surface area contributed by atoms with Crippen LogP contribution in [-0.4, -0.2) is 26.2 Å². The van der Waals surface area contributed by atoms with Crippen molar-refractivity contribution in [1.82, 2.24) is 25.7 Å². The third kappa shape index (κ3) is 2.89. The average Bonchev–Trinajstić information content (AvgIpc) is 2.82. The summed E-state index contributed by atoms with van der Waals surface area (Å²) in [6.45, 7) is 0.117. The van der Waals surface area contributed by atoms with Crippen molar-refractivity contribution >= 4 is 29.1 Å². The Morgan fingerprint density at radius 2 is 2.24 bits per heavy atom. The maximum atomic E-state index is 11.7. The van der Waals surface area contributed by atoms with Gasteiger partial charge in [0.2, 0.25) is 6.39 Å². The Hall–Kier alpha value is -1.73. The highest BCUT2D eigenvalue weighted by atomic mass is 35.5. The zero-order valence-corrected chi connectivity index (χ0v) is 9.73. The van der Waals surface area contributed by atoms with Gasteiger partial charge >= 0.3 is 0 Å². The SMILES string of the molecule is O=C(NCc1ncon1)c1cc(Cl)nnc1Cl. The van der Waals surface area contributed by atoms with E-state index < -0.39 is 5.91 Å². The monoisotopic (exact) mass is 273 g/mol. The van der Waals surface area contributed by atoms with Crippen molar-refractivity contribution < 1.29 is 9.32 Å². The minimum atomic E-state index is -0.448. The molecule has 0 atom stereocenters. The lowest BCUT2D eigenvalue weighted by atomic mass is 10.3. The first-order valence-electron chi connectivity index (χ1n) is 4.39. The van der Waals surface area contributed by atoms with Crippen molar-refractivity contribution in [2.24, 2.45) is 0 Å². The summed E-state index contributed by atoms with van der Waals surface area (Å²) in [5, 5.41) is 13.1. The molecule has 2 heterocycles. The molecular formula is C8H5Cl2N5O2. The van der Waals surface area contributed by atoms with Crippen molar-refractivity contribution in [2.45, 2.75) is 6.54 Å². The van der Waals surface area contributed by atoms with Crippen LogP contribution in [0.4, 0.5) is 0 Å². The molecule has 0 bridgehead atoms. The number of halogens is 2. The lowest BCUT2D eigenvalue weighted by Gasteiger charge is -2.03. The van der Waals surface area contributed by atoms with E-state index >= 15 is 0 Å². The first kappa shape index (κ1) is 11.7. The van der Waals surface area contributed by atoms with Crippen LogP contribution in [-0.2, 0) is 6.54 Å². The van der Waals surface area contributed by atoms with Crippen LogP contribution >= 0.6 is 23.2 Å². The van der Waals surface area contributed by atoms with Gasteiger partial charge in [0.15, 0.2) is 16.1 Å². The fourth-order valence-electron chi connectivity index (χ4n) is 1.04. The molecule has 1 amide bonds. The van der Waals surface area contributed by atoms with Crippen molar-refractivity contribution in [3.63, 3.8) is 0 Å². The minimum absolute atomic E-state index is 0.0278. The molecule has 0 aromatic carbocycles. The molecule has 9 heteroatoms. The topological polar surface area (TPSA) is 93.8 Å². The molecule has 2 rings (SSSR count). The smallest absolute Gasteiger partial charge is 0.254 e. The number of hydrogen-bond acceptors (Lipinski definition) is 6. The molecule has 17 heavy (non-hydrogen) atoms. The summed E-state index contributed by atoms with van der Waals surface area (Å²) in [6, 6.07) is 1.32. The number of aromatic nitrogens is 4. The van der Waals surface area contributed by atoms with Gasteiger partial charge in [-0.2, -0.15) is 4.98 Å². The Balaban J connectivity index is 2.07. The van der Waals surface area contributed by atoms with Crippen molar-refractivity contribution in [3.8, 4) is 0 Å². The van der Waals surface area contributed by atoms with Crippen LogP contribution in [0.2, 0.25) is 10.3 Å². The van der Waals surface area contributed by atoms with Gasteiger partial charge in [-0.05, 0) is 6.07 Å². The van der Waals surface area contributed by atoms with Gasteiger partial charge < -0.3 is 9.84 Å². The summed E-state index contributed by atoms with van der Waals surface area (Å²) in [7, 11) is 0. The van der Waals surface area contributed by atoms with Gasteiger partial charge in [0.1, 0.15) is 0 Å². The predicted octanol–water partition coefficient (Wildman–Crippen LogP) is 1.10. The number of rotatable bonds is 3. The highest BCUT2D eigenvalue weighted by Crippen LogP contribution is 2.15. The normalized spacial score (nSPS) is 10.2. The molecule has 1 N–H and O–H groups in total. The van der Waals surface area contributed by atoms with E-state index in [9.17, 15) is 4.79 Å². The third-order valence-electron chi connectivity index (χ3n) is 1.78. The molecule has 0 spiro atoms. The van der Waals surface area contributed by atoms with Gasteiger partial charge in [-0.3, -0.25) is 4.79 Å². The second kappa shape index (κ2) is 5.07. The van der Waals surface area contributed by atoms with E-state index in [0.29, 0.717) is 5.82 Å². The summed E-state index contributed by atoms with van der Waals surface area (Å²) in [4.78, 5) is 15.4. The molecule has 2 aromatic heterocycles. The summed E-state index contributed by atoms with van der Waals surface area (Å²) >= 11 is 11.3. The lowest BCUT2D eigenvalue weighted by molar-refractivity contribution is 0.0949. The van der Waals surface area contributed by atoms with E-state index in [1.807, 2.05) is 0 Å². The van der Waals surface area contributed by atoms with Crippen molar-refractivity contribution in [3.05, 3.63) is 34.2 Å². The highest BCUT2D eigenvalue weighted by molar-refractivity contribution is 6.34. The standard InChI is InChI=1S/C8H5Cl2N5O2/c9-5-1-4(7(10)14-13-5)8(16)11-2-6-12-3-17-15-6/h1,3H,2H2,(H,11,16). The number of carbonyl (C=O) groups is 1.